The number of carbonyl (C=O) groups is 1. The van der Waals surface area contributed by atoms with E-state index in [1.54, 1.807) is 0 Å². The number of rotatable bonds is 4. The quantitative estimate of drug-likeness (QED) is 0.691. The molecule has 15 heavy (non-hydrogen) atoms. The number of methoxy groups -OCH3 is 1. The lowest BCUT2D eigenvalue weighted by Crippen LogP contribution is -2.33. The van der Waals surface area contributed by atoms with E-state index in [9.17, 15) is 4.79 Å². The van der Waals surface area contributed by atoms with Crippen LogP contribution in [0.3, 0.4) is 0 Å². The molecule has 4 heteroatoms. The Labute approximate surface area is 91.8 Å². The molecule has 0 aliphatic carbocycles. The molecule has 88 valence electrons. The van der Waals surface area contributed by atoms with Gasteiger partial charge < -0.3 is 15.4 Å². The number of ether oxygens (including phenoxy) is 1. The van der Waals surface area contributed by atoms with E-state index in [0.717, 1.165) is 26.1 Å². The van der Waals surface area contributed by atoms with Gasteiger partial charge in [-0.15, -0.1) is 0 Å². The normalized spacial score (nSPS) is 26.3. The van der Waals surface area contributed by atoms with Gasteiger partial charge >= 0.3 is 5.97 Å². The first kappa shape index (κ1) is 12.5. The van der Waals surface area contributed by atoms with Crippen LogP contribution in [-0.4, -0.2) is 43.7 Å². The number of nitrogens with zero attached hydrogens (tertiary/aromatic N) is 1. The first-order valence-electron chi connectivity index (χ1n) is 5.60. The van der Waals surface area contributed by atoms with Crippen molar-refractivity contribution in [2.24, 2.45) is 17.6 Å². The standard InChI is InChI=1S/C11H22N2O2/c1-8(11(14)15-3)6-13-5-4-10(7-13)9(2)12/h8-10H,4-7,12H2,1-3H3. The summed E-state index contributed by atoms with van der Waals surface area (Å²) >= 11 is 0. The molecule has 1 heterocycles. The minimum atomic E-state index is -0.126. The molecule has 1 aliphatic heterocycles. The van der Waals surface area contributed by atoms with Crippen molar-refractivity contribution in [3.8, 4) is 0 Å². The Hall–Kier alpha value is -0.610. The predicted molar refractivity (Wildman–Crippen MR) is 59.4 cm³/mol. The number of esters is 1. The number of likely N-dealkylation sites (tertiary alicyclic amines) is 1. The van der Waals surface area contributed by atoms with E-state index >= 15 is 0 Å². The monoisotopic (exact) mass is 214 g/mol. The summed E-state index contributed by atoms with van der Waals surface area (Å²) in [6, 6.07) is 0.253. The lowest BCUT2D eigenvalue weighted by Gasteiger charge is -2.20. The molecule has 3 unspecified atom stereocenters. The molecule has 1 aliphatic rings. The van der Waals surface area contributed by atoms with Crippen molar-refractivity contribution in [3.63, 3.8) is 0 Å². The third-order valence-electron chi connectivity index (χ3n) is 3.19. The van der Waals surface area contributed by atoms with Gasteiger partial charge in [0.25, 0.3) is 0 Å². The highest BCUT2D eigenvalue weighted by atomic mass is 16.5. The largest absolute Gasteiger partial charge is 0.469 e. The first-order chi connectivity index (χ1) is 7.04. The van der Waals surface area contributed by atoms with Gasteiger partial charge in [0.2, 0.25) is 0 Å². The van der Waals surface area contributed by atoms with Crippen molar-refractivity contribution in [2.75, 3.05) is 26.7 Å². The van der Waals surface area contributed by atoms with Gasteiger partial charge in [-0.1, -0.05) is 6.92 Å². The van der Waals surface area contributed by atoms with Gasteiger partial charge in [-0.3, -0.25) is 4.79 Å². The van der Waals surface area contributed by atoms with Crippen LogP contribution in [0.1, 0.15) is 20.3 Å². The van der Waals surface area contributed by atoms with Gasteiger partial charge in [-0.05, 0) is 25.8 Å². The van der Waals surface area contributed by atoms with Crippen LogP contribution in [0, 0.1) is 11.8 Å². The second-order valence-corrected chi connectivity index (χ2v) is 4.59. The summed E-state index contributed by atoms with van der Waals surface area (Å²) in [4.78, 5) is 13.5. The van der Waals surface area contributed by atoms with Crippen LogP contribution in [0.25, 0.3) is 0 Å². The van der Waals surface area contributed by atoms with Gasteiger partial charge in [-0.25, -0.2) is 0 Å². The van der Waals surface area contributed by atoms with E-state index < -0.39 is 0 Å². The Balaban J connectivity index is 2.32. The Bertz CT molecular complexity index is 219. The van der Waals surface area contributed by atoms with E-state index in [0.29, 0.717) is 5.92 Å². The molecule has 1 rings (SSSR count). The summed E-state index contributed by atoms with van der Waals surface area (Å²) in [5.41, 5.74) is 5.86. The van der Waals surface area contributed by atoms with Gasteiger partial charge in [0.1, 0.15) is 0 Å². The Morgan fingerprint density at radius 2 is 2.27 bits per heavy atom. The molecular weight excluding hydrogens is 192 g/mol. The molecule has 4 nitrogen and oxygen atoms in total. The summed E-state index contributed by atoms with van der Waals surface area (Å²) in [7, 11) is 1.44. The highest BCUT2D eigenvalue weighted by Gasteiger charge is 2.27. The van der Waals surface area contributed by atoms with Gasteiger partial charge in [0.15, 0.2) is 0 Å². The maximum absolute atomic E-state index is 11.2. The molecule has 1 fully saturated rings. The third kappa shape index (κ3) is 3.47. The van der Waals surface area contributed by atoms with E-state index in [1.807, 2.05) is 6.92 Å². The predicted octanol–water partition coefficient (Wildman–Crippen LogP) is 0.465. The number of hydrogen-bond donors (Lipinski definition) is 1. The zero-order valence-corrected chi connectivity index (χ0v) is 9.90. The SMILES string of the molecule is COC(=O)C(C)CN1CCC(C(C)N)C1. The Morgan fingerprint density at radius 3 is 2.73 bits per heavy atom. The molecule has 1 saturated heterocycles. The topological polar surface area (TPSA) is 55.6 Å². The summed E-state index contributed by atoms with van der Waals surface area (Å²) in [6.45, 7) is 6.81. The minimum absolute atomic E-state index is 0.0400. The van der Waals surface area contributed by atoms with Crippen LogP contribution in [0.2, 0.25) is 0 Å². The molecule has 0 amide bonds. The number of nitrogens with two attached hydrogens (primary N) is 1. The summed E-state index contributed by atoms with van der Waals surface area (Å²) < 4.78 is 4.71. The lowest BCUT2D eigenvalue weighted by molar-refractivity contribution is -0.145. The zero-order chi connectivity index (χ0) is 11.4. The fourth-order valence-electron chi connectivity index (χ4n) is 2.12. The van der Waals surface area contributed by atoms with Crippen molar-refractivity contribution >= 4 is 5.97 Å². The maximum Gasteiger partial charge on any atom is 0.309 e. The van der Waals surface area contributed by atoms with E-state index in [4.69, 9.17) is 10.5 Å². The molecule has 0 aromatic heterocycles. The fourth-order valence-corrected chi connectivity index (χ4v) is 2.12. The van der Waals surface area contributed by atoms with Crippen LogP contribution >= 0.6 is 0 Å². The molecule has 3 atom stereocenters. The molecule has 0 spiro atoms. The van der Waals surface area contributed by atoms with Gasteiger partial charge in [0.05, 0.1) is 13.0 Å². The van der Waals surface area contributed by atoms with Crippen molar-refractivity contribution in [2.45, 2.75) is 26.3 Å². The molecule has 0 aromatic carbocycles. The maximum atomic E-state index is 11.2. The summed E-state index contributed by atoms with van der Waals surface area (Å²) in [5, 5.41) is 0. The summed E-state index contributed by atoms with van der Waals surface area (Å²) in [6.07, 6.45) is 1.14. The second kappa shape index (κ2) is 5.47. The fraction of sp³-hybridized carbons (Fsp3) is 0.909. The van der Waals surface area contributed by atoms with Crippen molar-refractivity contribution in [1.82, 2.24) is 4.90 Å². The molecule has 0 radical (unpaired) electrons. The van der Waals surface area contributed by atoms with Crippen LogP contribution in [0.5, 0.6) is 0 Å². The Morgan fingerprint density at radius 1 is 1.60 bits per heavy atom. The molecular formula is C11H22N2O2. The van der Waals surface area contributed by atoms with Crippen molar-refractivity contribution in [1.29, 1.82) is 0 Å². The zero-order valence-electron chi connectivity index (χ0n) is 9.90. The number of hydrogen-bond acceptors (Lipinski definition) is 4. The van der Waals surface area contributed by atoms with Crippen LogP contribution in [0.4, 0.5) is 0 Å². The van der Waals surface area contributed by atoms with Gasteiger partial charge in [-0.2, -0.15) is 0 Å². The van der Waals surface area contributed by atoms with Gasteiger partial charge in [0, 0.05) is 19.1 Å². The van der Waals surface area contributed by atoms with E-state index in [-0.39, 0.29) is 17.9 Å². The smallest absolute Gasteiger partial charge is 0.309 e. The first-order valence-corrected chi connectivity index (χ1v) is 5.60. The molecule has 0 saturated carbocycles. The third-order valence-corrected chi connectivity index (χ3v) is 3.19. The average Bonchev–Trinajstić information content (AvgIpc) is 2.65. The average molecular weight is 214 g/mol. The van der Waals surface area contributed by atoms with Crippen molar-refractivity contribution < 1.29 is 9.53 Å². The van der Waals surface area contributed by atoms with Crippen LogP contribution in [0.15, 0.2) is 0 Å². The van der Waals surface area contributed by atoms with Crippen LogP contribution < -0.4 is 5.73 Å². The second-order valence-electron chi connectivity index (χ2n) is 4.59. The van der Waals surface area contributed by atoms with E-state index in [2.05, 4.69) is 11.8 Å². The highest BCUT2D eigenvalue weighted by molar-refractivity contribution is 5.72. The van der Waals surface area contributed by atoms with Crippen LogP contribution in [-0.2, 0) is 9.53 Å². The van der Waals surface area contributed by atoms with E-state index in [1.165, 1.54) is 7.11 Å². The molecule has 0 aromatic rings. The molecule has 2 N–H and O–H groups in total. The lowest BCUT2D eigenvalue weighted by atomic mass is 10.0. The highest BCUT2D eigenvalue weighted by Crippen LogP contribution is 2.19. The molecule has 0 bridgehead atoms. The number of carbonyl (C=O) groups excluding carboxylic acids is 1. The Kier molecular flexibility index (Phi) is 4.54. The van der Waals surface area contributed by atoms with Crippen molar-refractivity contribution in [3.05, 3.63) is 0 Å². The summed E-state index contributed by atoms with van der Waals surface area (Å²) in [5.74, 6) is 0.413. The minimum Gasteiger partial charge on any atom is -0.469 e.